The van der Waals surface area contributed by atoms with Gasteiger partial charge in [-0.15, -0.1) is 0 Å². The fourth-order valence-electron chi connectivity index (χ4n) is 4.18. The fraction of sp³-hybridized carbons (Fsp3) is 0.923. The van der Waals surface area contributed by atoms with Gasteiger partial charge in [-0.25, -0.2) is 0 Å². The van der Waals surface area contributed by atoms with Crippen LogP contribution in [0.2, 0.25) is 0 Å². The van der Waals surface area contributed by atoms with Crippen LogP contribution in [-0.2, 0) is 9.47 Å². The summed E-state index contributed by atoms with van der Waals surface area (Å²) in [7, 11) is 0. The first-order valence-electron chi connectivity index (χ1n) is 13.1. The molecule has 5 nitrogen and oxygen atoms in total. The number of aliphatic hydroxyl groups is 3. The summed E-state index contributed by atoms with van der Waals surface area (Å²) in [6.45, 7) is 2.59. The summed E-state index contributed by atoms with van der Waals surface area (Å²) in [6.07, 6.45) is 22.5. The minimum absolute atomic E-state index is 0.155. The van der Waals surface area contributed by atoms with Crippen LogP contribution in [0.4, 0.5) is 0 Å². The maximum atomic E-state index is 9.91. The van der Waals surface area contributed by atoms with Gasteiger partial charge in [0.2, 0.25) is 0 Å². The molecule has 1 rings (SSSR count). The molecule has 0 saturated carbocycles. The Morgan fingerprint density at radius 3 is 1.90 bits per heavy atom. The van der Waals surface area contributed by atoms with Crippen LogP contribution in [0, 0.1) is 0 Å². The number of ether oxygens (including phenoxy) is 2. The Kier molecular flexibility index (Phi) is 18.6. The minimum atomic E-state index is -1.00. The van der Waals surface area contributed by atoms with Gasteiger partial charge in [-0.3, -0.25) is 0 Å². The number of hydrogen-bond donors (Lipinski definition) is 3. The highest BCUT2D eigenvalue weighted by molar-refractivity contribution is 4.89. The Labute approximate surface area is 191 Å². The molecule has 184 valence electrons. The molecule has 3 N–H and O–H groups in total. The number of allylic oxidation sites excluding steroid dienone is 2. The van der Waals surface area contributed by atoms with Crippen LogP contribution >= 0.6 is 0 Å². The van der Waals surface area contributed by atoms with Crippen LogP contribution in [0.3, 0.4) is 0 Å². The molecule has 0 radical (unpaired) electrons. The lowest BCUT2D eigenvalue weighted by molar-refractivity contribution is -0.0938. The lowest BCUT2D eigenvalue weighted by Crippen LogP contribution is -2.42. The van der Waals surface area contributed by atoms with Gasteiger partial charge in [-0.2, -0.15) is 0 Å². The Morgan fingerprint density at radius 1 is 0.839 bits per heavy atom. The average Bonchev–Trinajstić information content (AvgIpc) is 3.15. The smallest absolute Gasteiger partial charge is 0.114 e. The van der Waals surface area contributed by atoms with Crippen molar-refractivity contribution in [3.63, 3.8) is 0 Å². The Hall–Kier alpha value is -0.460. The molecular weight excluding hydrogens is 392 g/mol. The predicted molar refractivity (Wildman–Crippen MR) is 127 cm³/mol. The Morgan fingerprint density at radius 2 is 1.35 bits per heavy atom. The molecule has 4 atom stereocenters. The van der Waals surface area contributed by atoms with Crippen molar-refractivity contribution in [1.29, 1.82) is 0 Å². The first-order chi connectivity index (χ1) is 15.2. The second-order valence-electron chi connectivity index (χ2n) is 9.10. The molecule has 1 saturated heterocycles. The van der Waals surface area contributed by atoms with Gasteiger partial charge in [0, 0.05) is 6.61 Å². The number of unbranched alkanes of at least 4 members (excludes halogenated alkanes) is 14. The van der Waals surface area contributed by atoms with Crippen molar-refractivity contribution in [3.05, 3.63) is 12.2 Å². The van der Waals surface area contributed by atoms with Gasteiger partial charge in [-0.1, -0.05) is 89.7 Å². The van der Waals surface area contributed by atoms with E-state index in [9.17, 15) is 10.2 Å². The third kappa shape index (κ3) is 14.3. The molecule has 0 bridgehead atoms. The van der Waals surface area contributed by atoms with E-state index in [-0.39, 0.29) is 13.2 Å². The summed E-state index contributed by atoms with van der Waals surface area (Å²) < 4.78 is 11.1. The molecule has 31 heavy (non-hydrogen) atoms. The van der Waals surface area contributed by atoms with Gasteiger partial charge in [0.25, 0.3) is 0 Å². The van der Waals surface area contributed by atoms with Gasteiger partial charge < -0.3 is 24.8 Å². The van der Waals surface area contributed by atoms with Crippen molar-refractivity contribution in [2.24, 2.45) is 0 Å². The lowest BCUT2D eigenvalue weighted by Gasteiger charge is -2.23. The molecule has 1 aliphatic heterocycles. The molecule has 0 aliphatic carbocycles. The summed E-state index contributed by atoms with van der Waals surface area (Å²) in [5.41, 5.74) is 0. The maximum Gasteiger partial charge on any atom is 0.114 e. The standard InChI is InChI=1S/C26H50O5/c1-2-3-4-5-6-7-8-9-10-11-12-13-14-15-16-17-18-19-20-30-26-24(29)22-31-25(26)23(28)21-27/h6-7,23-29H,2-5,8-22H2,1H3/b7-6+/t23-,24+,25+,26+/m0/s1. The van der Waals surface area contributed by atoms with Crippen LogP contribution in [-0.4, -0.2) is 59.6 Å². The quantitative estimate of drug-likeness (QED) is 0.166. The van der Waals surface area contributed by atoms with E-state index in [1.807, 2.05) is 0 Å². The van der Waals surface area contributed by atoms with Gasteiger partial charge in [-0.05, 0) is 32.1 Å². The highest BCUT2D eigenvalue weighted by Gasteiger charge is 2.40. The Balaban J connectivity index is 1.82. The Bertz CT molecular complexity index is 415. The van der Waals surface area contributed by atoms with Crippen molar-refractivity contribution < 1.29 is 24.8 Å². The van der Waals surface area contributed by atoms with Crippen molar-refractivity contribution in [2.75, 3.05) is 19.8 Å². The van der Waals surface area contributed by atoms with Gasteiger partial charge in [0.05, 0.1) is 13.2 Å². The third-order valence-electron chi connectivity index (χ3n) is 6.20. The monoisotopic (exact) mass is 442 g/mol. The predicted octanol–water partition coefficient (Wildman–Crippen LogP) is 5.30. The average molecular weight is 443 g/mol. The molecule has 5 heteroatoms. The van der Waals surface area contributed by atoms with E-state index in [1.54, 1.807) is 0 Å². The number of hydrogen-bond acceptors (Lipinski definition) is 5. The third-order valence-corrected chi connectivity index (χ3v) is 6.20. The van der Waals surface area contributed by atoms with E-state index < -0.39 is 24.4 Å². The molecule has 1 fully saturated rings. The SMILES string of the molecule is CCCCC/C=C/CCCCCCCCCCCCCO[C@H]1[C@@H]([C@@H](O)CO)OC[C@H]1O. The summed E-state index contributed by atoms with van der Waals surface area (Å²) in [6, 6.07) is 0. The molecule has 1 aliphatic rings. The van der Waals surface area contributed by atoms with E-state index in [0.29, 0.717) is 6.61 Å². The van der Waals surface area contributed by atoms with Crippen LogP contribution < -0.4 is 0 Å². The number of rotatable bonds is 21. The number of aliphatic hydroxyl groups excluding tert-OH is 3. The van der Waals surface area contributed by atoms with E-state index in [2.05, 4.69) is 19.1 Å². The molecule has 0 amide bonds. The molecule has 0 aromatic rings. The highest BCUT2D eigenvalue weighted by Crippen LogP contribution is 2.21. The second kappa shape index (κ2) is 20.2. The normalized spacial score (nSPS) is 22.5. The van der Waals surface area contributed by atoms with Crippen molar-refractivity contribution in [3.8, 4) is 0 Å². The summed E-state index contributed by atoms with van der Waals surface area (Å²) >= 11 is 0. The van der Waals surface area contributed by atoms with Gasteiger partial charge in [0.1, 0.15) is 24.4 Å². The van der Waals surface area contributed by atoms with Crippen molar-refractivity contribution >= 4 is 0 Å². The highest BCUT2D eigenvalue weighted by atomic mass is 16.6. The van der Waals surface area contributed by atoms with Crippen LogP contribution in [0.15, 0.2) is 12.2 Å². The fourth-order valence-corrected chi connectivity index (χ4v) is 4.18. The van der Waals surface area contributed by atoms with Crippen molar-refractivity contribution in [2.45, 2.75) is 134 Å². The maximum absolute atomic E-state index is 9.91. The second-order valence-corrected chi connectivity index (χ2v) is 9.10. The van der Waals surface area contributed by atoms with E-state index >= 15 is 0 Å². The van der Waals surface area contributed by atoms with E-state index in [1.165, 1.54) is 89.9 Å². The molecule has 0 aromatic carbocycles. The minimum Gasteiger partial charge on any atom is -0.394 e. The summed E-state index contributed by atoms with van der Waals surface area (Å²) in [5, 5.41) is 28.7. The lowest BCUT2D eigenvalue weighted by atomic mass is 10.0. The van der Waals surface area contributed by atoms with Gasteiger partial charge >= 0.3 is 0 Å². The van der Waals surface area contributed by atoms with E-state index in [4.69, 9.17) is 14.6 Å². The van der Waals surface area contributed by atoms with Gasteiger partial charge in [0.15, 0.2) is 0 Å². The van der Waals surface area contributed by atoms with Crippen LogP contribution in [0.1, 0.15) is 110 Å². The molecule has 0 aromatic heterocycles. The van der Waals surface area contributed by atoms with E-state index in [0.717, 1.165) is 12.8 Å². The molecule has 0 unspecified atom stereocenters. The zero-order valence-electron chi connectivity index (χ0n) is 20.1. The summed E-state index contributed by atoms with van der Waals surface area (Å²) in [4.78, 5) is 0. The van der Waals surface area contributed by atoms with Crippen molar-refractivity contribution in [1.82, 2.24) is 0 Å². The van der Waals surface area contributed by atoms with Crippen LogP contribution in [0.25, 0.3) is 0 Å². The first-order valence-corrected chi connectivity index (χ1v) is 13.1. The molecular formula is C26H50O5. The molecule has 1 heterocycles. The zero-order chi connectivity index (χ0) is 22.6. The topological polar surface area (TPSA) is 79.2 Å². The van der Waals surface area contributed by atoms with Crippen LogP contribution in [0.5, 0.6) is 0 Å². The zero-order valence-corrected chi connectivity index (χ0v) is 20.1. The largest absolute Gasteiger partial charge is 0.394 e. The molecule has 0 spiro atoms. The first kappa shape index (κ1) is 28.6. The summed E-state index contributed by atoms with van der Waals surface area (Å²) in [5.74, 6) is 0.